The Labute approximate surface area is 156 Å². The van der Waals surface area contributed by atoms with Crippen LogP contribution in [0.4, 0.5) is 0 Å². The summed E-state index contributed by atoms with van der Waals surface area (Å²) in [5, 5.41) is 1.32. The molecular formula is C21H30N4O. The minimum atomic E-state index is 0.214. The fourth-order valence-electron chi connectivity index (χ4n) is 4.64. The maximum absolute atomic E-state index is 12.1. The van der Waals surface area contributed by atoms with E-state index in [1.807, 2.05) is 14.1 Å². The Morgan fingerprint density at radius 1 is 1.15 bits per heavy atom. The van der Waals surface area contributed by atoms with E-state index in [0.29, 0.717) is 18.5 Å². The van der Waals surface area contributed by atoms with Crippen LogP contribution in [-0.2, 0) is 18.4 Å². The van der Waals surface area contributed by atoms with Crippen LogP contribution in [0.5, 0.6) is 0 Å². The van der Waals surface area contributed by atoms with Crippen LogP contribution in [-0.4, -0.2) is 71.5 Å². The lowest BCUT2D eigenvalue weighted by Gasteiger charge is -2.36. The molecule has 3 aliphatic rings. The smallest absolute Gasteiger partial charge is 0.236 e. The van der Waals surface area contributed by atoms with E-state index in [1.165, 1.54) is 29.4 Å². The number of piperidine rings is 1. The molecule has 2 atom stereocenters. The summed E-state index contributed by atoms with van der Waals surface area (Å²) in [7, 11) is 5.87. The van der Waals surface area contributed by atoms with Gasteiger partial charge in [-0.2, -0.15) is 0 Å². The molecule has 5 nitrogen and oxygen atoms in total. The van der Waals surface area contributed by atoms with Crippen LogP contribution < -0.4 is 0 Å². The van der Waals surface area contributed by atoms with Gasteiger partial charge in [0, 0.05) is 64.6 Å². The number of hydrogen-bond donors (Lipinski definition) is 0. The van der Waals surface area contributed by atoms with Crippen LogP contribution in [0.15, 0.2) is 30.3 Å². The molecule has 0 aliphatic carbocycles. The van der Waals surface area contributed by atoms with Crippen molar-refractivity contribution in [2.45, 2.75) is 25.4 Å². The van der Waals surface area contributed by atoms with Crippen LogP contribution in [0.25, 0.3) is 10.9 Å². The van der Waals surface area contributed by atoms with Crippen molar-refractivity contribution in [3.8, 4) is 0 Å². The van der Waals surface area contributed by atoms with Crippen molar-refractivity contribution < 1.29 is 4.79 Å². The van der Waals surface area contributed by atoms with E-state index in [9.17, 15) is 4.79 Å². The average molecular weight is 354 g/mol. The zero-order valence-electron chi connectivity index (χ0n) is 16.2. The van der Waals surface area contributed by atoms with Crippen molar-refractivity contribution in [3.63, 3.8) is 0 Å². The van der Waals surface area contributed by atoms with Gasteiger partial charge in [0.25, 0.3) is 0 Å². The predicted octanol–water partition coefficient (Wildman–Crippen LogP) is 2.16. The Bertz CT molecular complexity index is 796. The van der Waals surface area contributed by atoms with Crippen LogP contribution in [0.1, 0.15) is 18.5 Å². The Balaban J connectivity index is 1.49. The number of hydrogen-bond acceptors (Lipinski definition) is 3. The highest BCUT2D eigenvalue weighted by molar-refractivity contribution is 5.81. The second kappa shape index (κ2) is 7.05. The third-order valence-corrected chi connectivity index (χ3v) is 6.18. The van der Waals surface area contributed by atoms with Gasteiger partial charge < -0.3 is 9.47 Å². The Morgan fingerprint density at radius 3 is 2.73 bits per heavy atom. The molecule has 5 heteroatoms. The molecule has 5 rings (SSSR count). The number of fused-ring (bicyclic) bond motifs is 5. The Hall–Kier alpha value is -1.85. The van der Waals surface area contributed by atoms with E-state index in [0.717, 1.165) is 26.2 Å². The maximum Gasteiger partial charge on any atom is 0.236 e. The lowest BCUT2D eigenvalue weighted by molar-refractivity contribution is -0.130. The van der Waals surface area contributed by atoms with Gasteiger partial charge >= 0.3 is 0 Å². The Morgan fingerprint density at radius 2 is 1.96 bits per heavy atom. The molecule has 1 aromatic carbocycles. The molecular weight excluding hydrogens is 324 g/mol. The summed E-state index contributed by atoms with van der Waals surface area (Å²) in [5.74, 6) is 0.893. The first-order chi connectivity index (χ1) is 12.5. The number of para-hydroxylation sites is 1. The lowest BCUT2D eigenvalue weighted by atomic mass is 9.95. The molecule has 3 fully saturated rings. The molecule has 2 aromatic rings. The first kappa shape index (κ1) is 17.6. The molecule has 1 aromatic heterocycles. The van der Waals surface area contributed by atoms with Gasteiger partial charge in [0.05, 0.1) is 6.54 Å². The third kappa shape index (κ3) is 3.38. The number of rotatable bonds is 4. The molecule has 0 saturated carbocycles. The van der Waals surface area contributed by atoms with Gasteiger partial charge in [-0.05, 0) is 36.3 Å². The number of carbonyl (C=O) groups excluding carboxylic acids is 1. The molecule has 0 radical (unpaired) electrons. The minimum absolute atomic E-state index is 0.214. The minimum Gasteiger partial charge on any atom is -0.348 e. The van der Waals surface area contributed by atoms with Crippen LogP contribution in [0, 0.1) is 5.92 Å². The van der Waals surface area contributed by atoms with Crippen LogP contribution in [0.2, 0.25) is 0 Å². The van der Waals surface area contributed by atoms with Gasteiger partial charge in [-0.25, -0.2) is 0 Å². The molecule has 3 saturated heterocycles. The number of likely N-dealkylation sites (N-methyl/N-ethyl adjacent to an activating group) is 1. The van der Waals surface area contributed by atoms with Crippen molar-refractivity contribution in [3.05, 3.63) is 36.0 Å². The maximum atomic E-state index is 12.1. The summed E-state index contributed by atoms with van der Waals surface area (Å²) in [6, 6.07) is 11.5. The number of amides is 1. The van der Waals surface area contributed by atoms with E-state index in [2.05, 4.69) is 51.7 Å². The largest absolute Gasteiger partial charge is 0.348 e. The van der Waals surface area contributed by atoms with Gasteiger partial charge in [0.2, 0.25) is 5.91 Å². The summed E-state index contributed by atoms with van der Waals surface area (Å²) in [4.78, 5) is 18.9. The fourth-order valence-corrected chi connectivity index (χ4v) is 4.64. The van der Waals surface area contributed by atoms with E-state index in [-0.39, 0.29) is 5.91 Å². The van der Waals surface area contributed by atoms with Gasteiger partial charge in [-0.3, -0.25) is 14.6 Å². The number of aromatic nitrogens is 1. The molecule has 4 heterocycles. The van der Waals surface area contributed by atoms with Crippen LogP contribution >= 0.6 is 0 Å². The summed E-state index contributed by atoms with van der Waals surface area (Å²) >= 11 is 0. The van der Waals surface area contributed by atoms with Crippen molar-refractivity contribution in [2.24, 2.45) is 13.0 Å². The first-order valence-electron chi connectivity index (χ1n) is 9.71. The molecule has 140 valence electrons. The monoisotopic (exact) mass is 354 g/mol. The van der Waals surface area contributed by atoms with Crippen molar-refractivity contribution in [1.29, 1.82) is 0 Å². The summed E-state index contributed by atoms with van der Waals surface area (Å²) in [6.45, 7) is 4.78. The van der Waals surface area contributed by atoms with Gasteiger partial charge in [-0.15, -0.1) is 0 Å². The normalized spacial score (nSPS) is 24.1. The fraction of sp³-hybridized carbons (Fsp3) is 0.571. The van der Waals surface area contributed by atoms with Gasteiger partial charge in [0.1, 0.15) is 0 Å². The Kier molecular flexibility index (Phi) is 4.76. The van der Waals surface area contributed by atoms with Crippen LogP contribution in [0.3, 0.4) is 0 Å². The van der Waals surface area contributed by atoms with E-state index < -0.39 is 0 Å². The molecule has 26 heavy (non-hydrogen) atoms. The van der Waals surface area contributed by atoms with Gasteiger partial charge in [-0.1, -0.05) is 18.2 Å². The highest BCUT2D eigenvalue weighted by Gasteiger charge is 2.35. The molecule has 0 N–H and O–H groups in total. The highest BCUT2D eigenvalue weighted by atomic mass is 16.2. The summed E-state index contributed by atoms with van der Waals surface area (Å²) in [5.41, 5.74) is 2.69. The van der Waals surface area contributed by atoms with Crippen molar-refractivity contribution in [2.75, 3.05) is 40.3 Å². The second-order valence-electron chi connectivity index (χ2n) is 8.26. The quantitative estimate of drug-likeness (QED) is 0.843. The number of benzene rings is 1. The van der Waals surface area contributed by atoms with Crippen molar-refractivity contribution in [1.82, 2.24) is 19.3 Å². The molecule has 1 amide bonds. The predicted molar refractivity (Wildman–Crippen MR) is 105 cm³/mol. The lowest BCUT2D eigenvalue weighted by Crippen LogP contribution is -2.44. The topological polar surface area (TPSA) is 31.7 Å². The molecule has 0 unspecified atom stereocenters. The van der Waals surface area contributed by atoms with E-state index in [1.54, 1.807) is 4.90 Å². The average Bonchev–Trinajstić information content (AvgIpc) is 2.76. The standard InChI is InChI=1S/C21H30N4O/c1-22(2)21(26)15-24-11-16-8-9-18(13-24)25(12-16)14-19-10-17-6-4-5-7-20(17)23(19)3/h4-7,10,16,18H,8-9,11-15H2,1-3H3/t16-,18+/m0/s1. The molecule has 2 bridgehead atoms. The number of aryl methyl sites for hydroxylation is 1. The SMILES string of the molecule is CN(C)C(=O)CN1C[C@@H]2CC[C@H](C1)N(Cc1cc3ccccc3n1C)C2. The molecule has 0 spiro atoms. The molecule has 3 aliphatic heterocycles. The number of nitrogens with zero attached hydrogens (tertiary/aromatic N) is 4. The highest BCUT2D eigenvalue weighted by Crippen LogP contribution is 2.30. The zero-order valence-corrected chi connectivity index (χ0v) is 16.2. The van der Waals surface area contributed by atoms with E-state index in [4.69, 9.17) is 0 Å². The summed E-state index contributed by atoms with van der Waals surface area (Å²) < 4.78 is 2.33. The summed E-state index contributed by atoms with van der Waals surface area (Å²) in [6.07, 6.45) is 2.55. The van der Waals surface area contributed by atoms with Gasteiger partial charge in [0.15, 0.2) is 0 Å². The second-order valence-corrected chi connectivity index (χ2v) is 8.26. The number of carbonyl (C=O) groups is 1. The van der Waals surface area contributed by atoms with E-state index >= 15 is 0 Å². The third-order valence-electron chi connectivity index (χ3n) is 6.18. The van der Waals surface area contributed by atoms with Crippen molar-refractivity contribution >= 4 is 16.8 Å². The first-order valence-corrected chi connectivity index (χ1v) is 9.71. The zero-order chi connectivity index (χ0) is 18.3.